The summed E-state index contributed by atoms with van der Waals surface area (Å²) in [5, 5.41) is 8.64. The molecule has 0 aliphatic rings. The molecule has 0 heterocycles. The Labute approximate surface area is 93.6 Å². The first-order valence-corrected chi connectivity index (χ1v) is 6.58. The van der Waals surface area contributed by atoms with Crippen molar-refractivity contribution in [3.05, 3.63) is 29.8 Å². The number of carbonyl (C=O) groups is 1. The average Bonchev–Trinajstić information content (AvgIpc) is 2.16. The molecule has 0 saturated carbocycles. The van der Waals surface area contributed by atoms with Crippen LogP contribution in [0.5, 0.6) is 5.75 Å². The summed E-state index contributed by atoms with van der Waals surface area (Å²) in [5.41, 5.74) is 0.162. The molecule has 0 atom stereocenters. The fraction of sp³-hybridized carbons (Fsp3) is 0.300. The van der Waals surface area contributed by atoms with Crippen molar-refractivity contribution in [2.24, 2.45) is 0 Å². The van der Waals surface area contributed by atoms with Gasteiger partial charge in [0.2, 0.25) is 0 Å². The van der Waals surface area contributed by atoms with Gasteiger partial charge >= 0.3 is 5.97 Å². The van der Waals surface area contributed by atoms with Crippen LogP contribution < -0.4 is 4.74 Å². The zero-order valence-electron chi connectivity index (χ0n) is 8.71. The highest BCUT2D eigenvalue weighted by Crippen LogP contribution is 2.12. The number of benzene rings is 1. The Bertz CT molecular complexity index is 460. The van der Waals surface area contributed by atoms with Crippen LogP contribution in [0.4, 0.5) is 0 Å². The maximum atomic E-state index is 10.8. The van der Waals surface area contributed by atoms with E-state index in [-0.39, 0.29) is 17.9 Å². The molecule has 0 fully saturated rings. The third-order valence-corrected chi connectivity index (χ3v) is 2.73. The van der Waals surface area contributed by atoms with E-state index in [2.05, 4.69) is 0 Å². The van der Waals surface area contributed by atoms with Crippen LogP contribution in [0.2, 0.25) is 0 Å². The molecule has 0 aromatic heterocycles. The van der Waals surface area contributed by atoms with E-state index in [1.165, 1.54) is 24.3 Å². The summed E-state index contributed by atoms with van der Waals surface area (Å²) in [6.45, 7) is 0.0608. The van der Waals surface area contributed by atoms with E-state index in [1.54, 1.807) is 0 Å². The topological polar surface area (TPSA) is 80.7 Å². The van der Waals surface area contributed by atoms with Crippen LogP contribution in [0.3, 0.4) is 0 Å². The van der Waals surface area contributed by atoms with Gasteiger partial charge in [-0.3, -0.25) is 0 Å². The molecule has 16 heavy (non-hydrogen) atoms. The zero-order valence-corrected chi connectivity index (χ0v) is 9.53. The molecule has 1 rings (SSSR count). The van der Waals surface area contributed by atoms with Crippen LogP contribution in [0.25, 0.3) is 0 Å². The molecule has 0 aliphatic heterocycles. The highest BCUT2D eigenvalue weighted by atomic mass is 32.2. The molecule has 1 aromatic carbocycles. The van der Waals surface area contributed by atoms with Crippen LogP contribution in [0.15, 0.2) is 24.3 Å². The Morgan fingerprint density at radius 1 is 1.31 bits per heavy atom. The Balaban J connectivity index is 2.53. The quantitative estimate of drug-likeness (QED) is 0.828. The zero-order chi connectivity index (χ0) is 12.2. The molecule has 1 N–H and O–H groups in total. The number of sulfone groups is 1. The summed E-state index contributed by atoms with van der Waals surface area (Å²) in [4.78, 5) is 10.5. The minimum atomic E-state index is -3.03. The smallest absolute Gasteiger partial charge is 0.335 e. The van der Waals surface area contributed by atoms with Crippen molar-refractivity contribution in [2.45, 2.75) is 0 Å². The maximum Gasteiger partial charge on any atom is 0.335 e. The van der Waals surface area contributed by atoms with E-state index in [9.17, 15) is 13.2 Å². The lowest BCUT2D eigenvalue weighted by Crippen LogP contribution is -2.12. The summed E-state index contributed by atoms with van der Waals surface area (Å²) in [5.74, 6) is -0.621. The first-order chi connectivity index (χ1) is 7.38. The molecule has 6 heteroatoms. The van der Waals surface area contributed by atoms with E-state index < -0.39 is 15.8 Å². The lowest BCUT2D eigenvalue weighted by atomic mass is 10.2. The molecule has 5 nitrogen and oxygen atoms in total. The normalized spacial score (nSPS) is 11.1. The third kappa shape index (κ3) is 4.31. The van der Waals surface area contributed by atoms with Crippen LogP contribution in [0, 0.1) is 0 Å². The Morgan fingerprint density at radius 2 is 1.88 bits per heavy atom. The van der Waals surface area contributed by atoms with Gasteiger partial charge in [0.15, 0.2) is 9.84 Å². The van der Waals surface area contributed by atoms with Gasteiger partial charge in [0.05, 0.1) is 11.3 Å². The van der Waals surface area contributed by atoms with Gasteiger partial charge in [-0.25, -0.2) is 13.2 Å². The summed E-state index contributed by atoms with van der Waals surface area (Å²) in [7, 11) is -3.03. The van der Waals surface area contributed by atoms with Crippen LogP contribution >= 0.6 is 0 Å². The van der Waals surface area contributed by atoms with E-state index in [4.69, 9.17) is 9.84 Å². The number of carboxylic acids is 1. The van der Waals surface area contributed by atoms with Crippen LogP contribution in [-0.2, 0) is 9.84 Å². The number of hydrogen-bond acceptors (Lipinski definition) is 4. The number of hydrogen-bond donors (Lipinski definition) is 1. The molecule has 0 unspecified atom stereocenters. The standard InChI is InChI=1S/C10H12O5S/c1-16(13,14)7-6-15-9-4-2-8(3-5-9)10(11)12/h2-5H,6-7H2,1H3,(H,11,12). The first-order valence-electron chi connectivity index (χ1n) is 4.52. The van der Waals surface area contributed by atoms with Gasteiger partial charge in [0, 0.05) is 6.26 Å². The predicted molar refractivity (Wildman–Crippen MR) is 58.6 cm³/mol. The largest absolute Gasteiger partial charge is 0.493 e. The summed E-state index contributed by atoms with van der Waals surface area (Å²) in [6.07, 6.45) is 1.13. The van der Waals surface area contributed by atoms with Crippen molar-refractivity contribution in [1.29, 1.82) is 0 Å². The lowest BCUT2D eigenvalue weighted by molar-refractivity contribution is 0.0697. The van der Waals surface area contributed by atoms with Crippen molar-refractivity contribution in [3.63, 3.8) is 0 Å². The minimum absolute atomic E-state index is 0.0608. The molecule has 0 bridgehead atoms. The van der Waals surface area contributed by atoms with Crippen molar-refractivity contribution in [2.75, 3.05) is 18.6 Å². The van der Waals surface area contributed by atoms with Gasteiger partial charge in [0.25, 0.3) is 0 Å². The summed E-state index contributed by atoms with van der Waals surface area (Å²) < 4.78 is 26.8. The van der Waals surface area contributed by atoms with E-state index in [0.717, 1.165) is 6.26 Å². The Kier molecular flexibility index (Phi) is 3.89. The first kappa shape index (κ1) is 12.5. The minimum Gasteiger partial charge on any atom is -0.493 e. The van der Waals surface area contributed by atoms with Crippen molar-refractivity contribution in [1.82, 2.24) is 0 Å². The molecule has 0 radical (unpaired) electrons. The molecule has 0 saturated heterocycles. The van der Waals surface area contributed by atoms with Gasteiger partial charge in [-0.2, -0.15) is 0 Å². The lowest BCUT2D eigenvalue weighted by Gasteiger charge is -2.05. The fourth-order valence-corrected chi connectivity index (χ4v) is 1.39. The van der Waals surface area contributed by atoms with Crippen molar-refractivity contribution >= 4 is 15.8 Å². The molecule has 0 aliphatic carbocycles. The van der Waals surface area contributed by atoms with Gasteiger partial charge < -0.3 is 9.84 Å². The molecule has 1 aromatic rings. The number of ether oxygens (including phenoxy) is 1. The van der Waals surface area contributed by atoms with Gasteiger partial charge in [0.1, 0.15) is 12.4 Å². The highest BCUT2D eigenvalue weighted by Gasteiger charge is 2.04. The maximum absolute atomic E-state index is 10.8. The van der Waals surface area contributed by atoms with Crippen LogP contribution in [-0.4, -0.2) is 38.1 Å². The summed E-state index contributed by atoms with van der Waals surface area (Å²) >= 11 is 0. The molecular formula is C10H12O5S. The van der Waals surface area contributed by atoms with Crippen LogP contribution in [0.1, 0.15) is 10.4 Å². The second-order valence-corrected chi connectivity index (χ2v) is 5.57. The third-order valence-electron chi connectivity index (χ3n) is 1.82. The number of aromatic carboxylic acids is 1. The van der Waals surface area contributed by atoms with Crippen molar-refractivity contribution < 1.29 is 23.1 Å². The Morgan fingerprint density at radius 3 is 2.31 bits per heavy atom. The molecule has 0 amide bonds. The van der Waals surface area contributed by atoms with E-state index in [0.29, 0.717) is 5.75 Å². The SMILES string of the molecule is CS(=O)(=O)CCOc1ccc(C(=O)O)cc1. The van der Waals surface area contributed by atoms with E-state index in [1.807, 2.05) is 0 Å². The Hall–Kier alpha value is -1.56. The second-order valence-electron chi connectivity index (χ2n) is 3.31. The molecule has 88 valence electrons. The molecular weight excluding hydrogens is 232 g/mol. The summed E-state index contributed by atoms with van der Waals surface area (Å²) in [6, 6.07) is 5.79. The van der Waals surface area contributed by atoms with Gasteiger partial charge in [-0.15, -0.1) is 0 Å². The van der Waals surface area contributed by atoms with Crippen molar-refractivity contribution in [3.8, 4) is 5.75 Å². The average molecular weight is 244 g/mol. The second kappa shape index (κ2) is 4.98. The van der Waals surface area contributed by atoms with Gasteiger partial charge in [-0.1, -0.05) is 0 Å². The van der Waals surface area contributed by atoms with Gasteiger partial charge in [-0.05, 0) is 24.3 Å². The molecule has 0 spiro atoms. The number of carboxylic acid groups (broad SMARTS) is 1. The predicted octanol–water partition coefficient (Wildman–Crippen LogP) is 0.808. The van der Waals surface area contributed by atoms with E-state index >= 15 is 0 Å². The number of rotatable bonds is 5. The fourth-order valence-electron chi connectivity index (χ4n) is 1.00. The highest BCUT2D eigenvalue weighted by molar-refractivity contribution is 7.90. The monoisotopic (exact) mass is 244 g/mol.